The van der Waals surface area contributed by atoms with Gasteiger partial charge < -0.3 is 5.73 Å². The Morgan fingerprint density at radius 2 is 2.00 bits per heavy atom. The SMILES string of the molecule is [2H]c1c([2H])c(C(F)(F)F)c([2H])c(C)c1N. The Balaban J connectivity index is 3.68. The number of nitrogens with two attached hydrogens (primary N) is 1. The Morgan fingerprint density at radius 1 is 1.42 bits per heavy atom. The maximum Gasteiger partial charge on any atom is 0.416 e. The van der Waals surface area contributed by atoms with Crippen molar-refractivity contribution in [3.8, 4) is 0 Å². The molecule has 0 aromatic heterocycles. The van der Waals surface area contributed by atoms with Crippen LogP contribution in [0.1, 0.15) is 15.2 Å². The van der Waals surface area contributed by atoms with Crippen molar-refractivity contribution in [1.29, 1.82) is 0 Å². The van der Waals surface area contributed by atoms with Crippen LogP contribution in [0.4, 0.5) is 18.9 Å². The Labute approximate surface area is 72.2 Å². The highest BCUT2D eigenvalue weighted by Crippen LogP contribution is 2.30. The van der Waals surface area contributed by atoms with Crippen LogP contribution in [0.3, 0.4) is 0 Å². The van der Waals surface area contributed by atoms with Gasteiger partial charge >= 0.3 is 6.18 Å². The summed E-state index contributed by atoms with van der Waals surface area (Å²) in [7, 11) is 0. The molecule has 12 heavy (non-hydrogen) atoms. The predicted molar refractivity (Wildman–Crippen MR) is 40.6 cm³/mol. The fraction of sp³-hybridized carbons (Fsp3) is 0.250. The molecule has 0 spiro atoms. The van der Waals surface area contributed by atoms with Gasteiger partial charge in [0.1, 0.15) is 0 Å². The zero-order chi connectivity index (χ0) is 12.0. The van der Waals surface area contributed by atoms with E-state index in [2.05, 4.69) is 0 Å². The molecule has 1 aromatic rings. The van der Waals surface area contributed by atoms with E-state index in [1.165, 1.54) is 6.92 Å². The molecule has 0 radical (unpaired) electrons. The fourth-order valence-electron chi connectivity index (χ4n) is 0.651. The van der Waals surface area contributed by atoms with Crippen molar-refractivity contribution in [3.05, 3.63) is 29.3 Å². The van der Waals surface area contributed by atoms with Crippen molar-refractivity contribution >= 4 is 5.69 Å². The van der Waals surface area contributed by atoms with Crippen LogP contribution in [0.5, 0.6) is 0 Å². The summed E-state index contributed by atoms with van der Waals surface area (Å²) in [5.74, 6) is 0. The summed E-state index contributed by atoms with van der Waals surface area (Å²) in [4.78, 5) is 0. The Bertz CT molecular complexity index is 386. The summed E-state index contributed by atoms with van der Waals surface area (Å²) in [5.41, 5.74) is 3.52. The summed E-state index contributed by atoms with van der Waals surface area (Å²) in [5, 5.41) is 0. The summed E-state index contributed by atoms with van der Waals surface area (Å²) >= 11 is 0. The normalized spacial score (nSPS) is 15.2. The molecule has 0 heterocycles. The number of nitrogen functional groups attached to an aromatic ring is 1. The van der Waals surface area contributed by atoms with E-state index in [4.69, 9.17) is 9.85 Å². The average Bonchev–Trinajstić information content (AvgIpc) is 2.09. The van der Waals surface area contributed by atoms with Crippen LogP contribution in [-0.2, 0) is 6.18 Å². The largest absolute Gasteiger partial charge is 0.416 e. The van der Waals surface area contributed by atoms with Gasteiger partial charge in [0.25, 0.3) is 0 Å². The maximum absolute atomic E-state index is 12.4. The number of benzene rings is 1. The minimum absolute atomic E-state index is 0.122. The Hall–Kier alpha value is -1.19. The molecule has 0 amide bonds. The zero-order valence-electron chi connectivity index (χ0n) is 9.21. The van der Waals surface area contributed by atoms with E-state index in [9.17, 15) is 13.2 Å². The number of rotatable bonds is 0. The van der Waals surface area contributed by atoms with E-state index in [1.807, 2.05) is 0 Å². The van der Waals surface area contributed by atoms with Crippen molar-refractivity contribution in [3.63, 3.8) is 0 Å². The second kappa shape index (κ2) is 2.69. The Morgan fingerprint density at radius 3 is 2.50 bits per heavy atom. The van der Waals surface area contributed by atoms with Crippen molar-refractivity contribution in [2.24, 2.45) is 0 Å². The quantitative estimate of drug-likeness (QED) is 0.607. The molecule has 0 saturated heterocycles. The second-order valence-electron chi connectivity index (χ2n) is 2.29. The molecule has 0 aliphatic rings. The topological polar surface area (TPSA) is 26.0 Å². The molecular weight excluding hydrogens is 167 g/mol. The van der Waals surface area contributed by atoms with Crippen LogP contribution in [0.25, 0.3) is 0 Å². The first-order valence-electron chi connectivity index (χ1n) is 4.61. The van der Waals surface area contributed by atoms with Gasteiger partial charge in [-0.05, 0) is 30.6 Å². The van der Waals surface area contributed by atoms with Gasteiger partial charge in [0, 0.05) is 5.69 Å². The molecule has 0 atom stereocenters. The van der Waals surface area contributed by atoms with Gasteiger partial charge in [-0.2, -0.15) is 13.2 Å². The molecule has 1 rings (SSSR count). The van der Waals surface area contributed by atoms with Crippen molar-refractivity contribution < 1.29 is 17.3 Å². The molecule has 0 bridgehead atoms. The smallest absolute Gasteiger partial charge is 0.399 e. The molecule has 0 aliphatic carbocycles. The minimum Gasteiger partial charge on any atom is -0.399 e. The van der Waals surface area contributed by atoms with Crippen LogP contribution in [0, 0.1) is 6.92 Å². The summed E-state index contributed by atoms with van der Waals surface area (Å²) in [6.45, 7) is 1.23. The minimum atomic E-state index is -4.80. The third-order valence-electron chi connectivity index (χ3n) is 1.32. The standard InChI is InChI=1S/C8H8F3N/c1-5-4-6(8(9,10)11)2-3-7(5)12/h2-4H,12H2,1H3/i2D,3D,4D. The molecule has 0 fully saturated rings. The monoisotopic (exact) mass is 178 g/mol. The zero-order valence-corrected chi connectivity index (χ0v) is 6.21. The van der Waals surface area contributed by atoms with Crippen molar-refractivity contribution in [2.75, 3.05) is 5.73 Å². The van der Waals surface area contributed by atoms with Crippen LogP contribution in [-0.4, -0.2) is 0 Å². The number of hydrogen-bond donors (Lipinski definition) is 1. The number of hydrogen-bond acceptors (Lipinski definition) is 1. The van der Waals surface area contributed by atoms with Crippen LogP contribution in [0.15, 0.2) is 18.1 Å². The van der Waals surface area contributed by atoms with Gasteiger partial charge in [-0.1, -0.05) is 0 Å². The van der Waals surface area contributed by atoms with Crippen LogP contribution >= 0.6 is 0 Å². The maximum atomic E-state index is 12.4. The number of alkyl halides is 3. The molecule has 1 aromatic carbocycles. The fourth-order valence-corrected chi connectivity index (χ4v) is 0.651. The molecule has 0 aliphatic heterocycles. The predicted octanol–water partition coefficient (Wildman–Crippen LogP) is 2.60. The second-order valence-corrected chi connectivity index (χ2v) is 2.29. The number of anilines is 1. The first-order valence-corrected chi connectivity index (χ1v) is 3.11. The van der Waals surface area contributed by atoms with Gasteiger partial charge in [-0.15, -0.1) is 0 Å². The molecule has 66 valence electrons. The summed E-state index contributed by atoms with van der Waals surface area (Å²) in [6.07, 6.45) is -4.80. The van der Waals surface area contributed by atoms with Crippen LogP contribution in [0.2, 0.25) is 0 Å². The lowest BCUT2D eigenvalue weighted by molar-refractivity contribution is -0.137. The lowest BCUT2D eigenvalue weighted by Gasteiger charge is -2.08. The highest BCUT2D eigenvalue weighted by atomic mass is 19.4. The summed E-state index contributed by atoms with van der Waals surface area (Å²) in [6, 6.07) is -2.56. The third-order valence-corrected chi connectivity index (χ3v) is 1.32. The molecular formula is C8H8F3N. The van der Waals surface area contributed by atoms with E-state index in [0.29, 0.717) is 0 Å². The summed E-state index contributed by atoms with van der Waals surface area (Å²) < 4.78 is 58.9. The van der Waals surface area contributed by atoms with E-state index in [0.717, 1.165) is 0 Å². The van der Waals surface area contributed by atoms with Gasteiger partial charge in [0.2, 0.25) is 0 Å². The van der Waals surface area contributed by atoms with E-state index >= 15 is 0 Å². The number of halogens is 3. The Kier molecular flexibility index (Phi) is 1.22. The lowest BCUT2D eigenvalue weighted by Crippen LogP contribution is -2.05. The highest BCUT2D eigenvalue weighted by molar-refractivity contribution is 5.48. The molecule has 1 nitrogen and oxygen atoms in total. The highest BCUT2D eigenvalue weighted by Gasteiger charge is 2.30. The van der Waals surface area contributed by atoms with E-state index in [1.54, 1.807) is 0 Å². The third kappa shape index (κ3) is 1.69. The average molecular weight is 178 g/mol. The van der Waals surface area contributed by atoms with Gasteiger partial charge in [0.05, 0.1) is 9.68 Å². The van der Waals surface area contributed by atoms with Crippen LogP contribution < -0.4 is 5.73 Å². The molecule has 2 N–H and O–H groups in total. The van der Waals surface area contributed by atoms with E-state index in [-0.39, 0.29) is 11.3 Å². The first-order chi connectivity index (χ1) is 6.68. The first kappa shape index (κ1) is 5.45. The van der Waals surface area contributed by atoms with Crippen molar-refractivity contribution in [1.82, 2.24) is 0 Å². The molecule has 0 saturated carbocycles. The van der Waals surface area contributed by atoms with Gasteiger partial charge in [-0.3, -0.25) is 0 Å². The van der Waals surface area contributed by atoms with Crippen molar-refractivity contribution in [2.45, 2.75) is 13.1 Å². The molecule has 0 unspecified atom stereocenters. The molecule has 4 heteroatoms. The van der Waals surface area contributed by atoms with Gasteiger partial charge in [-0.25, -0.2) is 0 Å². The van der Waals surface area contributed by atoms with E-state index < -0.39 is 29.9 Å². The lowest BCUT2D eigenvalue weighted by atomic mass is 10.1. The van der Waals surface area contributed by atoms with Gasteiger partial charge in [0.15, 0.2) is 0 Å².